The van der Waals surface area contributed by atoms with Crippen molar-refractivity contribution >= 4 is 34.5 Å². The SMILES string of the molecule is Cc1ccc(C)c(C(N)c2cc(Cl)sc2Cl)c1. The van der Waals surface area contributed by atoms with Crippen LogP contribution in [0.5, 0.6) is 0 Å². The first-order valence-corrected chi connectivity index (χ1v) is 6.83. The molecule has 1 aromatic heterocycles. The van der Waals surface area contributed by atoms with Crippen molar-refractivity contribution in [2.24, 2.45) is 5.73 Å². The molecule has 0 saturated carbocycles. The number of aryl methyl sites for hydroxylation is 2. The van der Waals surface area contributed by atoms with E-state index in [4.69, 9.17) is 28.9 Å². The van der Waals surface area contributed by atoms with Crippen molar-refractivity contribution in [1.82, 2.24) is 0 Å². The van der Waals surface area contributed by atoms with Crippen molar-refractivity contribution in [3.8, 4) is 0 Å². The molecule has 1 unspecified atom stereocenters. The van der Waals surface area contributed by atoms with Crippen LogP contribution in [0.2, 0.25) is 8.67 Å². The third-order valence-electron chi connectivity index (χ3n) is 2.79. The molecule has 0 bridgehead atoms. The summed E-state index contributed by atoms with van der Waals surface area (Å²) in [6, 6.07) is 7.88. The fourth-order valence-electron chi connectivity index (χ4n) is 1.83. The average molecular weight is 286 g/mol. The van der Waals surface area contributed by atoms with Gasteiger partial charge in [-0.15, -0.1) is 11.3 Å². The molecule has 0 radical (unpaired) electrons. The molecule has 2 N–H and O–H groups in total. The van der Waals surface area contributed by atoms with Gasteiger partial charge in [-0.2, -0.15) is 0 Å². The molecule has 0 aliphatic heterocycles. The van der Waals surface area contributed by atoms with Crippen LogP contribution < -0.4 is 5.73 Å². The minimum Gasteiger partial charge on any atom is -0.320 e. The largest absolute Gasteiger partial charge is 0.320 e. The highest BCUT2D eigenvalue weighted by Gasteiger charge is 2.17. The van der Waals surface area contributed by atoms with Gasteiger partial charge in [0, 0.05) is 5.56 Å². The zero-order valence-corrected chi connectivity index (χ0v) is 12.0. The van der Waals surface area contributed by atoms with Crippen LogP contribution in [0, 0.1) is 13.8 Å². The Hall–Kier alpha value is -0.540. The molecule has 0 fully saturated rings. The summed E-state index contributed by atoms with van der Waals surface area (Å²) < 4.78 is 1.34. The summed E-state index contributed by atoms with van der Waals surface area (Å²) >= 11 is 13.4. The second-order valence-corrected chi connectivity index (χ2v) is 6.40. The van der Waals surface area contributed by atoms with Crippen LogP contribution in [0.1, 0.15) is 28.3 Å². The standard InChI is InChI=1S/C13H13Cl2NS/c1-7-3-4-8(2)9(5-7)12(16)10-6-11(14)17-13(10)15/h3-6,12H,16H2,1-2H3. The quantitative estimate of drug-likeness (QED) is 0.849. The molecule has 2 rings (SSSR count). The molecule has 1 heterocycles. The monoisotopic (exact) mass is 285 g/mol. The van der Waals surface area contributed by atoms with Gasteiger partial charge in [0.05, 0.1) is 14.7 Å². The molecule has 4 heteroatoms. The third-order valence-corrected chi connectivity index (χ3v) is 4.31. The molecule has 0 amide bonds. The Balaban J connectivity index is 2.46. The summed E-state index contributed by atoms with van der Waals surface area (Å²) in [5.41, 5.74) is 10.6. The molecule has 0 saturated heterocycles. The average Bonchev–Trinajstić information content (AvgIpc) is 2.60. The van der Waals surface area contributed by atoms with E-state index in [0.29, 0.717) is 8.67 Å². The van der Waals surface area contributed by atoms with Gasteiger partial charge >= 0.3 is 0 Å². The first-order valence-electron chi connectivity index (χ1n) is 5.26. The summed E-state index contributed by atoms with van der Waals surface area (Å²) in [6.07, 6.45) is 0. The molecule has 0 aliphatic carbocycles. The van der Waals surface area contributed by atoms with Crippen LogP contribution in [0.25, 0.3) is 0 Å². The Morgan fingerprint density at radius 2 is 1.82 bits per heavy atom. The van der Waals surface area contributed by atoms with Crippen molar-refractivity contribution < 1.29 is 0 Å². The minimum absolute atomic E-state index is 0.217. The fraction of sp³-hybridized carbons (Fsp3) is 0.231. The zero-order chi connectivity index (χ0) is 12.6. The van der Waals surface area contributed by atoms with Crippen LogP contribution in [-0.2, 0) is 0 Å². The molecule has 1 atom stereocenters. The lowest BCUT2D eigenvalue weighted by molar-refractivity contribution is 0.865. The second-order valence-electron chi connectivity index (χ2n) is 4.12. The van der Waals surface area contributed by atoms with Gasteiger partial charge in [0.15, 0.2) is 0 Å². The van der Waals surface area contributed by atoms with E-state index in [0.717, 1.165) is 11.1 Å². The van der Waals surface area contributed by atoms with Crippen molar-refractivity contribution in [3.63, 3.8) is 0 Å². The van der Waals surface area contributed by atoms with Crippen LogP contribution in [-0.4, -0.2) is 0 Å². The van der Waals surface area contributed by atoms with E-state index in [1.807, 2.05) is 6.07 Å². The maximum absolute atomic E-state index is 6.26. The van der Waals surface area contributed by atoms with Crippen LogP contribution >= 0.6 is 34.5 Å². The molecule has 0 aliphatic rings. The molecule has 17 heavy (non-hydrogen) atoms. The van der Waals surface area contributed by atoms with E-state index >= 15 is 0 Å². The number of hydrogen-bond donors (Lipinski definition) is 1. The summed E-state index contributed by atoms with van der Waals surface area (Å²) in [5, 5.41) is 0. The predicted octanol–water partition coefficient (Wildman–Crippen LogP) is 4.72. The van der Waals surface area contributed by atoms with Gasteiger partial charge < -0.3 is 5.73 Å². The molecular formula is C13H13Cl2NS. The zero-order valence-electron chi connectivity index (χ0n) is 9.63. The summed E-state index contributed by atoms with van der Waals surface area (Å²) in [4.78, 5) is 0. The Morgan fingerprint density at radius 1 is 1.12 bits per heavy atom. The Kier molecular flexibility index (Phi) is 3.79. The van der Waals surface area contributed by atoms with Gasteiger partial charge in [-0.25, -0.2) is 0 Å². The first kappa shape index (κ1) is 12.9. The first-order chi connectivity index (χ1) is 7.99. The Morgan fingerprint density at radius 3 is 2.41 bits per heavy atom. The molecule has 90 valence electrons. The number of nitrogens with two attached hydrogens (primary N) is 1. The van der Waals surface area contributed by atoms with Gasteiger partial charge in [0.2, 0.25) is 0 Å². The smallest absolute Gasteiger partial charge is 0.0995 e. The van der Waals surface area contributed by atoms with E-state index in [-0.39, 0.29) is 6.04 Å². The Bertz CT molecular complexity index is 548. The maximum Gasteiger partial charge on any atom is 0.0995 e. The van der Waals surface area contributed by atoms with Crippen molar-refractivity contribution in [3.05, 3.63) is 55.2 Å². The minimum atomic E-state index is -0.217. The number of rotatable bonds is 2. The number of hydrogen-bond acceptors (Lipinski definition) is 2. The van der Waals surface area contributed by atoms with E-state index in [9.17, 15) is 0 Å². The Labute approximate surface area is 115 Å². The van der Waals surface area contributed by atoms with E-state index in [1.165, 1.54) is 22.5 Å². The van der Waals surface area contributed by atoms with Gasteiger partial charge in [0.25, 0.3) is 0 Å². The molecule has 2 aromatic rings. The van der Waals surface area contributed by atoms with Gasteiger partial charge in [-0.3, -0.25) is 0 Å². The lowest BCUT2D eigenvalue weighted by atomic mass is 9.96. The second kappa shape index (κ2) is 4.99. The fourth-order valence-corrected chi connectivity index (χ4v) is 3.38. The van der Waals surface area contributed by atoms with Gasteiger partial charge in [-0.05, 0) is 31.0 Å². The van der Waals surface area contributed by atoms with Gasteiger partial charge in [-0.1, -0.05) is 47.0 Å². The normalized spacial score (nSPS) is 12.8. The summed E-state index contributed by atoms with van der Waals surface area (Å²) in [7, 11) is 0. The van der Waals surface area contributed by atoms with E-state index in [1.54, 1.807) is 0 Å². The summed E-state index contributed by atoms with van der Waals surface area (Å²) in [6.45, 7) is 4.11. The number of benzene rings is 1. The molecule has 0 spiro atoms. The lowest BCUT2D eigenvalue weighted by Gasteiger charge is -2.15. The molecule has 1 aromatic carbocycles. The van der Waals surface area contributed by atoms with Crippen LogP contribution in [0.15, 0.2) is 24.3 Å². The number of thiophene rings is 1. The van der Waals surface area contributed by atoms with Crippen molar-refractivity contribution in [2.45, 2.75) is 19.9 Å². The predicted molar refractivity (Wildman–Crippen MR) is 76.3 cm³/mol. The summed E-state index contributed by atoms with van der Waals surface area (Å²) in [5.74, 6) is 0. The third kappa shape index (κ3) is 2.66. The highest BCUT2D eigenvalue weighted by molar-refractivity contribution is 7.20. The van der Waals surface area contributed by atoms with Crippen molar-refractivity contribution in [2.75, 3.05) is 0 Å². The molecule has 1 nitrogen and oxygen atoms in total. The maximum atomic E-state index is 6.26. The van der Waals surface area contributed by atoms with Crippen LogP contribution in [0.3, 0.4) is 0 Å². The number of halogens is 2. The molecular weight excluding hydrogens is 273 g/mol. The highest BCUT2D eigenvalue weighted by Crippen LogP contribution is 2.37. The van der Waals surface area contributed by atoms with Gasteiger partial charge in [0.1, 0.15) is 0 Å². The van der Waals surface area contributed by atoms with Crippen LogP contribution in [0.4, 0.5) is 0 Å². The van der Waals surface area contributed by atoms with E-state index in [2.05, 4.69) is 32.0 Å². The topological polar surface area (TPSA) is 26.0 Å². The van der Waals surface area contributed by atoms with Crippen molar-refractivity contribution in [1.29, 1.82) is 0 Å². The van der Waals surface area contributed by atoms with E-state index < -0.39 is 0 Å². The highest BCUT2D eigenvalue weighted by atomic mass is 35.5. The lowest BCUT2D eigenvalue weighted by Crippen LogP contribution is -2.13.